The van der Waals surface area contributed by atoms with Gasteiger partial charge in [-0.1, -0.05) is 44.2 Å². The van der Waals surface area contributed by atoms with Crippen LogP contribution >= 0.6 is 0 Å². The van der Waals surface area contributed by atoms with Crippen molar-refractivity contribution in [3.63, 3.8) is 0 Å². The molecule has 1 aliphatic heterocycles. The van der Waals surface area contributed by atoms with Crippen LogP contribution < -0.4 is 5.32 Å². The Labute approximate surface area is 149 Å². The number of hydrogen-bond acceptors (Lipinski definition) is 3. The maximum Gasteiger partial charge on any atom is 0.233 e. The van der Waals surface area contributed by atoms with Crippen LogP contribution in [0.4, 0.5) is 0 Å². The number of aromatic nitrogens is 1. The summed E-state index contributed by atoms with van der Waals surface area (Å²) in [6, 6.07) is 14.0. The summed E-state index contributed by atoms with van der Waals surface area (Å²) in [6.45, 7) is 5.69. The molecular formula is C21H26N2O2. The molecule has 2 unspecified atom stereocenters. The van der Waals surface area contributed by atoms with E-state index in [1.807, 2.05) is 30.3 Å². The summed E-state index contributed by atoms with van der Waals surface area (Å²) in [5.74, 6) is 0.0472. The molecule has 1 amide bonds. The number of carbonyl (C=O) groups excluding carboxylic acids is 1. The Hall–Kier alpha value is -2.20. The Kier molecular flexibility index (Phi) is 5.82. The Morgan fingerprint density at radius 2 is 1.96 bits per heavy atom. The largest absolute Gasteiger partial charge is 0.376 e. The van der Waals surface area contributed by atoms with Gasteiger partial charge in [-0.15, -0.1) is 0 Å². The maximum absolute atomic E-state index is 12.9. The van der Waals surface area contributed by atoms with Gasteiger partial charge in [0.2, 0.25) is 5.91 Å². The van der Waals surface area contributed by atoms with Gasteiger partial charge in [0.1, 0.15) is 5.92 Å². The van der Waals surface area contributed by atoms with Crippen molar-refractivity contribution in [2.45, 2.75) is 44.6 Å². The maximum atomic E-state index is 12.9. The molecule has 0 spiro atoms. The molecule has 2 aromatic rings. The number of ether oxygens (including phenoxy) is 1. The van der Waals surface area contributed by atoms with Gasteiger partial charge < -0.3 is 10.1 Å². The Morgan fingerprint density at radius 1 is 1.20 bits per heavy atom. The molecule has 2 atom stereocenters. The highest BCUT2D eigenvalue weighted by Crippen LogP contribution is 2.25. The molecule has 1 fully saturated rings. The molecular weight excluding hydrogens is 312 g/mol. The van der Waals surface area contributed by atoms with Crippen LogP contribution in [-0.4, -0.2) is 30.1 Å². The Morgan fingerprint density at radius 3 is 2.56 bits per heavy atom. The number of nitrogens with zero attached hydrogens (tertiary/aromatic N) is 1. The molecule has 4 nitrogen and oxygen atoms in total. The van der Waals surface area contributed by atoms with Gasteiger partial charge in [0, 0.05) is 19.3 Å². The minimum atomic E-state index is -0.399. The Balaban J connectivity index is 1.80. The molecule has 1 saturated heterocycles. The van der Waals surface area contributed by atoms with Crippen LogP contribution in [0.15, 0.2) is 48.7 Å². The number of benzene rings is 1. The van der Waals surface area contributed by atoms with Crippen LogP contribution in [0.5, 0.6) is 0 Å². The third kappa shape index (κ3) is 4.45. The highest BCUT2D eigenvalue weighted by atomic mass is 16.5. The topological polar surface area (TPSA) is 51.2 Å². The van der Waals surface area contributed by atoms with E-state index in [4.69, 9.17) is 4.74 Å². The van der Waals surface area contributed by atoms with E-state index < -0.39 is 5.92 Å². The fraction of sp³-hybridized carbons (Fsp3) is 0.429. The summed E-state index contributed by atoms with van der Waals surface area (Å²) in [4.78, 5) is 17.3. The van der Waals surface area contributed by atoms with E-state index in [1.54, 1.807) is 6.20 Å². The predicted octanol–water partition coefficient (Wildman–Crippen LogP) is 3.63. The predicted molar refractivity (Wildman–Crippen MR) is 98.6 cm³/mol. The number of rotatable bonds is 6. The molecule has 132 valence electrons. The van der Waals surface area contributed by atoms with E-state index in [9.17, 15) is 4.79 Å². The number of nitrogens with one attached hydrogen (secondary N) is 1. The zero-order valence-corrected chi connectivity index (χ0v) is 14.9. The first-order valence-electron chi connectivity index (χ1n) is 9.05. The van der Waals surface area contributed by atoms with Crippen molar-refractivity contribution in [3.8, 4) is 0 Å². The van der Waals surface area contributed by atoms with Crippen molar-refractivity contribution in [1.29, 1.82) is 0 Å². The smallest absolute Gasteiger partial charge is 0.233 e. The lowest BCUT2D eigenvalue weighted by Gasteiger charge is -2.19. The molecule has 1 aromatic carbocycles. The minimum Gasteiger partial charge on any atom is -0.376 e. The van der Waals surface area contributed by atoms with E-state index >= 15 is 0 Å². The summed E-state index contributed by atoms with van der Waals surface area (Å²) >= 11 is 0. The monoisotopic (exact) mass is 338 g/mol. The number of amides is 1. The third-order valence-corrected chi connectivity index (χ3v) is 4.71. The van der Waals surface area contributed by atoms with Crippen molar-refractivity contribution >= 4 is 5.91 Å². The number of pyridine rings is 1. The second-order valence-corrected chi connectivity index (χ2v) is 6.89. The first-order chi connectivity index (χ1) is 12.1. The summed E-state index contributed by atoms with van der Waals surface area (Å²) < 4.78 is 5.61. The van der Waals surface area contributed by atoms with Crippen molar-refractivity contribution in [3.05, 3.63) is 65.5 Å². The molecule has 1 N–H and O–H groups in total. The van der Waals surface area contributed by atoms with E-state index in [0.717, 1.165) is 30.7 Å². The average Bonchev–Trinajstić information content (AvgIpc) is 3.15. The average molecular weight is 338 g/mol. The van der Waals surface area contributed by atoms with Gasteiger partial charge in [-0.05, 0) is 42.0 Å². The van der Waals surface area contributed by atoms with E-state index in [2.05, 4.69) is 36.3 Å². The molecule has 0 aliphatic carbocycles. The van der Waals surface area contributed by atoms with Gasteiger partial charge in [-0.2, -0.15) is 0 Å². The lowest BCUT2D eigenvalue weighted by molar-refractivity contribution is -0.122. The molecule has 3 rings (SSSR count). The number of carbonyl (C=O) groups is 1. The zero-order valence-electron chi connectivity index (χ0n) is 14.9. The molecule has 1 aromatic heterocycles. The van der Waals surface area contributed by atoms with Gasteiger partial charge in [0.05, 0.1) is 11.8 Å². The minimum absolute atomic E-state index is 0.0218. The fourth-order valence-corrected chi connectivity index (χ4v) is 3.20. The molecule has 25 heavy (non-hydrogen) atoms. The standard InChI is InChI=1S/C21H26N2O2/c1-15(2)16-8-10-17(11-9-16)20(19-7-3-4-12-22-19)21(24)23-14-18-6-5-13-25-18/h3-4,7-12,15,18,20H,5-6,13-14H2,1-2H3,(H,23,24). The lowest BCUT2D eigenvalue weighted by atomic mass is 9.91. The van der Waals surface area contributed by atoms with Gasteiger partial charge in [-0.25, -0.2) is 0 Å². The van der Waals surface area contributed by atoms with Crippen molar-refractivity contribution in [2.75, 3.05) is 13.2 Å². The second-order valence-electron chi connectivity index (χ2n) is 6.89. The third-order valence-electron chi connectivity index (χ3n) is 4.71. The summed E-state index contributed by atoms with van der Waals surface area (Å²) in [7, 11) is 0. The quantitative estimate of drug-likeness (QED) is 0.875. The normalized spacial score (nSPS) is 18.3. The van der Waals surface area contributed by atoms with Crippen LogP contribution in [0.3, 0.4) is 0 Å². The van der Waals surface area contributed by atoms with Gasteiger partial charge in [0.25, 0.3) is 0 Å². The van der Waals surface area contributed by atoms with Gasteiger partial charge >= 0.3 is 0 Å². The number of hydrogen-bond donors (Lipinski definition) is 1. The molecule has 4 heteroatoms. The Bertz CT molecular complexity index is 677. The highest BCUT2D eigenvalue weighted by Gasteiger charge is 2.25. The summed E-state index contributed by atoms with van der Waals surface area (Å²) in [6.07, 6.45) is 3.95. The zero-order chi connectivity index (χ0) is 17.6. The van der Waals surface area contributed by atoms with Gasteiger partial charge in [0.15, 0.2) is 0 Å². The van der Waals surface area contributed by atoms with Crippen LogP contribution in [0.2, 0.25) is 0 Å². The molecule has 0 saturated carbocycles. The molecule has 0 radical (unpaired) electrons. The molecule has 2 heterocycles. The summed E-state index contributed by atoms with van der Waals surface area (Å²) in [5, 5.41) is 3.06. The fourth-order valence-electron chi connectivity index (χ4n) is 3.20. The molecule has 0 bridgehead atoms. The van der Waals surface area contributed by atoms with Crippen molar-refractivity contribution in [1.82, 2.24) is 10.3 Å². The highest BCUT2D eigenvalue weighted by molar-refractivity contribution is 5.86. The van der Waals surface area contributed by atoms with Gasteiger partial charge in [-0.3, -0.25) is 9.78 Å². The first-order valence-corrected chi connectivity index (χ1v) is 9.05. The van der Waals surface area contributed by atoms with Crippen LogP contribution in [0, 0.1) is 0 Å². The van der Waals surface area contributed by atoms with E-state index in [-0.39, 0.29) is 12.0 Å². The van der Waals surface area contributed by atoms with Crippen LogP contribution in [-0.2, 0) is 9.53 Å². The summed E-state index contributed by atoms with van der Waals surface area (Å²) in [5.41, 5.74) is 3.00. The van der Waals surface area contributed by atoms with Crippen molar-refractivity contribution < 1.29 is 9.53 Å². The van der Waals surface area contributed by atoms with Crippen LogP contribution in [0.25, 0.3) is 0 Å². The lowest BCUT2D eigenvalue weighted by Crippen LogP contribution is -2.36. The SMILES string of the molecule is CC(C)c1ccc(C(C(=O)NCC2CCCO2)c2ccccn2)cc1. The van der Waals surface area contributed by atoms with Crippen LogP contribution in [0.1, 0.15) is 55.3 Å². The first kappa shape index (κ1) is 17.6. The van der Waals surface area contributed by atoms with Crippen molar-refractivity contribution in [2.24, 2.45) is 0 Å². The second kappa shape index (κ2) is 8.26. The molecule has 1 aliphatic rings. The van der Waals surface area contributed by atoms with E-state index in [0.29, 0.717) is 12.5 Å². The van der Waals surface area contributed by atoms with E-state index in [1.165, 1.54) is 5.56 Å².